The minimum atomic E-state index is -0.279. The smallest absolute Gasteiger partial charge is 0.255 e. The number of hydrogen-bond acceptors (Lipinski definition) is 5. The summed E-state index contributed by atoms with van der Waals surface area (Å²) in [5, 5.41) is 14.2. The summed E-state index contributed by atoms with van der Waals surface area (Å²) in [5.74, 6) is 0.121. The molecule has 2 heterocycles. The molecule has 4 N–H and O–H groups in total. The summed E-state index contributed by atoms with van der Waals surface area (Å²) >= 11 is 0. The van der Waals surface area contributed by atoms with Crippen molar-refractivity contribution >= 4 is 28.4 Å². The van der Waals surface area contributed by atoms with Gasteiger partial charge in [-0.15, -0.1) is 0 Å². The van der Waals surface area contributed by atoms with Crippen LogP contribution in [0.5, 0.6) is 5.75 Å². The number of phenolic OH excluding ortho intramolecular Hbond substituents is 1. The molecular weight excluding hydrogens is 390 g/mol. The van der Waals surface area contributed by atoms with Gasteiger partial charge in [-0.3, -0.25) is 4.79 Å². The van der Waals surface area contributed by atoms with Crippen LogP contribution in [0, 0.1) is 0 Å². The Bertz CT molecular complexity index is 1260. The van der Waals surface area contributed by atoms with Gasteiger partial charge in [0.05, 0.1) is 11.1 Å². The Morgan fingerprint density at radius 1 is 1.10 bits per heavy atom. The standard InChI is InChI=1S/C24H23N5O2/c25-22-21-18(13-29(17-8-4-5-9-17)23(21)27-14-26-22)16-10-11-19(20(30)12-16)28-24(31)15-6-2-1-3-7-15/h1-3,6-7,10-14,17,30H,4-5,8-9H2,(H,28,31)(H2,25,26,27). The number of nitrogen functional groups attached to an aromatic ring is 1. The quantitative estimate of drug-likeness (QED) is 0.419. The van der Waals surface area contributed by atoms with Crippen molar-refractivity contribution in [1.82, 2.24) is 14.5 Å². The number of anilines is 2. The number of nitrogens with one attached hydrogen (secondary N) is 1. The van der Waals surface area contributed by atoms with Crippen molar-refractivity contribution < 1.29 is 9.90 Å². The zero-order valence-corrected chi connectivity index (χ0v) is 17.0. The third-order valence-corrected chi connectivity index (χ3v) is 5.95. The first-order chi connectivity index (χ1) is 15.1. The van der Waals surface area contributed by atoms with E-state index in [9.17, 15) is 9.90 Å². The fourth-order valence-electron chi connectivity index (χ4n) is 4.38. The summed E-state index contributed by atoms with van der Waals surface area (Å²) in [6.07, 6.45) is 8.19. The van der Waals surface area contributed by atoms with Gasteiger partial charge in [-0.2, -0.15) is 0 Å². The number of hydrogen-bond donors (Lipinski definition) is 3. The number of carbonyl (C=O) groups is 1. The van der Waals surface area contributed by atoms with Crippen LogP contribution in [0.15, 0.2) is 61.1 Å². The van der Waals surface area contributed by atoms with Crippen LogP contribution in [-0.4, -0.2) is 25.5 Å². The van der Waals surface area contributed by atoms with Crippen molar-refractivity contribution in [2.75, 3.05) is 11.1 Å². The van der Waals surface area contributed by atoms with Crippen LogP contribution in [0.3, 0.4) is 0 Å². The van der Waals surface area contributed by atoms with Gasteiger partial charge in [-0.25, -0.2) is 9.97 Å². The van der Waals surface area contributed by atoms with Gasteiger partial charge in [0.2, 0.25) is 0 Å². The summed E-state index contributed by atoms with van der Waals surface area (Å²) in [6.45, 7) is 0. The molecule has 7 nitrogen and oxygen atoms in total. The van der Waals surface area contributed by atoms with E-state index in [1.807, 2.05) is 12.1 Å². The fraction of sp³-hybridized carbons (Fsp3) is 0.208. The molecule has 0 spiro atoms. The number of aromatic hydroxyl groups is 1. The van der Waals surface area contributed by atoms with Gasteiger partial charge in [0.25, 0.3) is 5.91 Å². The summed E-state index contributed by atoms with van der Waals surface area (Å²) in [4.78, 5) is 21.1. The molecule has 156 valence electrons. The molecule has 1 aliphatic carbocycles. The molecule has 1 fully saturated rings. The number of rotatable bonds is 4. The molecule has 0 bridgehead atoms. The van der Waals surface area contributed by atoms with E-state index < -0.39 is 0 Å². The van der Waals surface area contributed by atoms with Crippen LogP contribution in [0.2, 0.25) is 0 Å². The van der Waals surface area contributed by atoms with E-state index in [1.165, 1.54) is 19.2 Å². The van der Waals surface area contributed by atoms with E-state index in [0.717, 1.165) is 35.0 Å². The lowest BCUT2D eigenvalue weighted by molar-refractivity contribution is 0.102. The first-order valence-corrected chi connectivity index (χ1v) is 10.4. The molecule has 1 saturated carbocycles. The lowest BCUT2D eigenvalue weighted by atomic mass is 10.0. The molecule has 1 aliphatic rings. The Labute approximate surface area is 179 Å². The average molecular weight is 413 g/mol. The number of amides is 1. The number of nitrogens with two attached hydrogens (primary N) is 1. The molecule has 0 unspecified atom stereocenters. The Morgan fingerprint density at radius 2 is 1.87 bits per heavy atom. The molecule has 31 heavy (non-hydrogen) atoms. The molecular formula is C24H23N5O2. The Hall–Kier alpha value is -3.87. The molecule has 0 radical (unpaired) electrons. The second-order valence-electron chi connectivity index (χ2n) is 7.90. The van der Waals surface area contributed by atoms with Crippen molar-refractivity contribution in [3.05, 3.63) is 66.6 Å². The van der Waals surface area contributed by atoms with Crippen LogP contribution >= 0.6 is 0 Å². The first-order valence-electron chi connectivity index (χ1n) is 10.4. The van der Waals surface area contributed by atoms with Crippen LogP contribution < -0.4 is 11.1 Å². The van der Waals surface area contributed by atoms with Gasteiger partial charge >= 0.3 is 0 Å². The third kappa shape index (κ3) is 3.48. The fourth-order valence-corrected chi connectivity index (χ4v) is 4.38. The number of phenols is 1. The van der Waals surface area contributed by atoms with E-state index in [-0.39, 0.29) is 11.7 Å². The van der Waals surface area contributed by atoms with Gasteiger partial charge in [0.1, 0.15) is 23.5 Å². The predicted molar refractivity (Wildman–Crippen MR) is 121 cm³/mol. The van der Waals surface area contributed by atoms with Crippen molar-refractivity contribution in [3.63, 3.8) is 0 Å². The largest absolute Gasteiger partial charge is 0.506 e. The monoisotopic (exact) mass is 413 g/mol. The van der Waals surface area contributed by atoms with E-state index in [4.69, 9.17) is 5.73 Å². The Balaban J connectivity index is 1.52. The number of carbonyl (C=O) groups excluding carboxylic acids is 1. The van der Waals surface area contributed by atoms with Crippen LogP contribution in [0.1, 0.15) is 42.1 Å². The molecule has 0 aliphatic heterocycles. The van der Waals surface area contributed by atoms with Crippen LogP contribution in [0.4, 0.5) is 11.5 Å². The number of benzene rings is 2. The van der Waals surface area contributed by atoms with Gasteiger partial charge in [0.15, 0.2) is 0 Å². The van der Waals surface area contributed by atoms with Crippen molar-refractivity contribution in [1.29, 1.82) is 0 Å². The summed E-state index contributed by atoms with van der Waals surface area (Å²) < 4.78 is 2.19. The first kappa shape index (κ1) is 19.1. The Kier molecular flexibility index (Phi) is 4.78. The molecule has 2 aromatic heterocycles. The number of nitrogens with zero attached hydrogens (tertiary/aromatic N) is 3. The number of fused-ring (bicyclic) bond motifs is 1. The normalized spacial score (nSPS) is 14.2. The molecule has 1 amide bonds. The second kappa shape index (κ2) is 7.75. The zero-order valence-electron chi connectivity index (χ0n) is 17.0. The van der Waals surface area contributed by atoms with E-state index in [0.29, 0.717) is 23.1 Å². The third-order valence-electron chi connectivity index (χ3n) is 5.95. The van der Waals surface area contributed by atoms with E-state index in [1.54, 1.807) is 36.4 Å². The predicted octanol–water partition coefficient (Wildman–Crippen LogP) is 4.75. The summed E-state index contributed by atoms with van der Waals surface area (Å²) in [6, 6.07) is 14.5. The van der Waals surface area contributed by atoms with Gasteiger partial charge in [-0.05, 0) is 42.7 Å². The highest BCUT2D eigenvalue weighted by Crippen LogP contribution is 2.40. The van der Waals surface area contributed by atoms with Crippen LogP contribution in [0.25, 0.3) is 22.2 Å². The average Bonchev–Trinajstić information content (AvgIpc) is 3.44. The highest BCUT2D eigenvalue weighted by Gasteiger charge is 2.23. The van der Waals surface area contributed by atoms with Crippen molar-refractivity contribution in [2.24, 2.45) is 0 Å². The lowest BCUT2D eigenvalue weighted by Crippen LogP contribution is -2.11. The Morgan fingerprint density at radius 3 is 2.61 bits per heavy atom. The molecule has 2 aromatic carbocycles. The highest BCUT2D eigenvalue weighted by atomic mass is 16.3. The molecule has 7 heteroatoms. The molecule has 0 atom stereocenters. The van der Waals surface area contributed by atoms with Crippen molar-refractivity contribution in [2.45, 2.75) is 31.7 Å². The number of aromatic nitrogens is 3. The van der Waals surface area contributed by atoms with Crippen molar-refractivity contribution in [3.8, 4) is 16.9 Å². The maximum Gasteiger partial charge on any atom is 0.255 e. The van der Waals surface area contributed by atoms with Crippen LogP contribution in [-0.2, 0) is 0 Å². The zero-order chi connectivity index (χ0) is 21.4. The maximum atomic E-state index is 12.4. The van der Waals surface area contributed by atoms with Gasteiger partial charge in [-0.1, -0.05) is 37.1 Å². The SMILES string of the molecule is Nc1ncnc2c1c(-c1ccc(NC(=O)c3ccccc3)c(O)c1)cn2C1CCCC1. The highest BCUT2D eigenvalue weighted by molar-refractivity contribution is 6.05. The topological polar surface area (TPSA) is 106 Å². The molecule has 0 saturated heterocycles. The molecule has 4 aromatic rings. The van der Waals surface area contributed by atoms with Gasteiger partial charge < -0.3 is 20.7 Å². The second-order valence-corrected chi connectivity index (χ2v) is 7.90. The van der Waals surface area contributed by atoms with E-state index >= 15 is 0 Å². The molecule has 5 rings (SSSR count). The summed E-state index contributed by atoms with van der Waals surface area (Å²) in [7, 11) is 0. The summed E-state index contributed by atoms with van der Waals surface area (Å²) in [5.41, 5.74) is 9.57. The minimum Gasteiger partial charge on any atom is -0.506 e. The van der Waals surface area contributed by atoms with Gasteiger partial charge in [0, 0.05) is 23.4 Å². The minimum absolute atomic E-state index is 0.0148. The lowest BCUT2D eigenvalue weighted by Gasteiger charge is -2.12. The maximum absolute atomic E-state index is 12.4. The van der Waals surface area contributed by atoms with E-state index in [2.05, 4.69) is 26.0 Å².